The van der Waals surface area contributed by atoms with Crippen LogP contribution >= 0.6 is 0 Å². The van der Waals surface area contributed by atoms with Crippen LogP contribution in [0.25, 0.3) is 0 Å². The van der Waals surface area contributed by atoms with Crippen molar-refractivity contribution in [1.29, 1.82) is 0 Å². The fraction of sp³-hybridized carbons (Fsp3) is 1.00. The molecule has 3 saturated heterocycles. The van der Waals surface area contributed by atoms with Crippen LogP contribution in [0, 0.1) is 0 Å². The molecule has 3 N–H and O–H groups in total. The van der Waals surface area contributed by atoms with Crippen LogP contribution in [-0.2, 0) is 0 Å². The molecular weight excluding hydrogens is 150 g/mol. The van der Waals surface area contributed by atoms with E-state index >= 15 is 0 Å². The molecule has 0 bridgehead atoms. The Morgan fingerprint density at radius 1 is 0.417 bits per heavy atom. The van der Waals surface area contributed by atoms with Crippen molar-refractivity contribution in [2.45, 2.75) is 19.3 Å². The summed E-state index contributed by atoms with van der Waals surface area (Å²) in [5.41, 5.74) is 0. The summed E-state index contributed by atoms with van der Waals surface area (Å²) in [5.74, 6) is 0. The molecule has 3 aliphatic rings. The van der Waals surface area contributed by atoms with Crippen molar-refractivity contribution in [3.63, 3.8) is 0 Å². The molecule has 0 aromatic rings. The quantitative estimate of drug-likeness (QED) is 0.447. The second kappa shape index (κ2) is 7.53. The van der Waals surface area contributed by atoms with E-state index in [2.05, 4.69) is 16.0 Å². The summed E-state index contributed by atoms with van der Waals surface area (Å²) in [4.78, 5) is 0. The highest BCUT2D eigenvalue weighted by Crippen LogP contribution is 1.90. The minimum atomic E-state index is 1.25. The number of hydrogen-bond donors (Lipinski definition) is 3. The van der Waals surface area contributed by atoms with Crippen LogP contribution in [0.4, 0.5) is 0 Å². The van der Waals surface area contributed by atoms with Crippen LogP contribution in [0.15, 0.2) is 0 Å². The van der Waals surface area contributed by atoms with Crippen molar-refractivity contribution in [2.75, 3.05) is 39.3 Å². The third kappa shape index (κ3) is 7.98. The normalized spacial score (nSPS) is 24.0. The van der Waals surface area contributed by atoms with E-state index in [-0.39, 0.29) is 0 Å². The van der Waals surface area contributed by atoms with Crippen molar-refractivity contribution in [1.82, 2.24) is 16.0 Å². The Morgan fingerprint density at radius 2 is 0.667 bits per heavy atom. The molecule has 0 saturated carbocycles. The van der Waals surface area contributed by atoms with E-state index in [1.165, 1.54) is 58.5 Å². The summed E-state index contributed by atoms with van der Waals surface area (Å²) in [6.07, 6.45) is 4.17. The van der Waals surface area contributed by atoms with E-state index in [1.807, 2.05) is 0 Å². The first-order valence-corrected chi connectivity index (χ1v) is 5.12. The van der Waals surface area contributed by atoms with Crippen molar-refractivity contribution in [3.05, 3.63) is 0 Å². The van der Waals surface area contributed by atoms with Gasteiger partial charge in [0.1, 0.15) is 0 Å². The van der Waals surface area contributed by atoms with Crippen LogP contribution in [0.3, 0.4) is 0 Å². The highest BCUT2D eigenvalue weighted by atomic mass is 15.0. The molecule has 0 radical (unpaired) electrons. The Morgan fingerprint density at radius 3 is 0.750 bits per heavy atom. The first-order chi connectivity index (χ1) is 6.00. The van der Waals surface area contributed by atoms with Gasteiger partial charge in [0, 0.05) is 13.1 Å². The summed E-state index contributed by atoms with van der Waals surface area (Å²) in [6.45, 7) is 7.50. The summed E-state index contributed by atoms with van der Waals surface area (Å²) in [7, 11) is 0. The fourth-order valence-electron chi connectivity index (χ4n) is 0.802. The lowest BCUT2D eigenvalue weighted by Gasteiger charge is -2.09. The largest absolute Gasteiger partial charge is 0.317 e. The van der Waals surface area contributed by atoms with Gasteiger partial charge in [0.05, 0.1) is 0 Å². The molecule has 0 aromatic carbocycles. The van der Waals surface area contributed by atoms with E-state index < -0.39 is 0 Å². The molecule has 3 rings (SSSR count). The van der Waals surface area contributed by atoms with Gasteiger partial charge in [0.15, 0.2) is 0 Å². The van der Waals surface area contributed by atoms with E-state index in [4.69, 9.17) is 0 Å². The average Bonchev–Trinajstić information content (AvgIpc) is 2.70. The lowest BCUT2D eigenvalue weighted by molar-refractivity contribution is 0.527. The first kappa shape index (κ1) is 9.96. The van der Waals surface area contributed by atoms with E-state index in [0.717, 1.165) is 0 Å². The van der Waals surface area contributed by atoms with Crippen LogP contribution in [0.5, 0.6) is 0 Å². The topological polar surface area (TPSA) is 46.0 Å². The molecule has 72 valence electrons. The molecule has 0 spiro atoms. The molecule has 0 atom stereocenters. The Hall–Kier alpha value is -0.120. The van der Waals surface area contributed by atoms with Gasteiger partial charge < -0.3 is 16.0 Å². The predicted octanol–water partition coefficient (Wildman–Crippen LogP) is -0.0609. The van der Waals surface area contributed by atoms with Gasteiger partial charge in [0.2, 0.25) is 0 Å². The molecule has 0 amide bonds. The smallest absolute Gasteiger partial charge is 0.00772 e. The maximum absolute atomic E-state index is 3.22. The van der Waals surface area contributed by atoms with E-state index in [9.17, 15) is 0 Å². The van der Waals surface area contributed by atoms with E-state index in [0.29, 0.717) is 0 Å². The van der Waals surface area contributed by atoms with Crippen LogP contribution in [-0.4, -0.2) is 39.3 Å². The molecule has 0 unspecified atom stereocenters. The zero-order valence-electron chi connectivity index (χ0n) is 7.86. The maximum Gasteiger partial charge on any atom is 0.00772 e. The van der Waals surface area contributed by atoms with Crippen molar-refractivity contribution in [2.24, 2.45) is 0 Å². The first-order valence-electron chi connectivity index (χ1n) is 5.12. The zero-order valence-corrected chi connectivity index (χ0v) is 7.86. The fourth-order valence-corrected chi connectivity index (χ4v) is 0.802. The number of nitrogens with one attached hydrogen (secondary N) is 3. The Balaban J connectivity index is 0.0000000929. The minimum Gasteiger partial charge on any atom is -0.317 e. The summed E-state index contributed by atoms with van der Waals surface area (Å²) in [6, 6.07) is 0. The third-order valence-corrected chi connectivity index (χ3v) is 1.91. The molecule has 3 aliphatic heterocycles. The average molecular weight is 171 g/mol. The van der Waals surface area contributed by atoms with Gasteiger partial charge in [-0.1, -0.05) is 0 Å². The molecule has 12 heavy (non-hydrogen) atoms. The second-order valence-corrected chi connectivity index (χ2v) is 3.31. The van der Waals surface area contributed by atoms with Crippen molar-refractivity contribution >= 4 is 0 Å². The van der Waals surface area contributed by atoms with Crippen molar-refractivity contribution in [3.8, 4) is 0 Å². The molecule has 3 nitrogen and oxygen atoms in total. The summed E-state index contributed by atoms with van der Waals surface area (Å²) >= 11 is 0. The highest BCUT2D eigenvalue weighted by molar-refractivity contribution is 4.58. The lowest BCUT2D eigenvalue weighted by atomic mass is 10.3. The molecule has 3 fully saturated rings. The predicted molar refractivity (Wildman–Crippen MR) is 52.5 cm³/mol. The van der Waals surface area contributed by atoms with Gasteiger partial charge in [-0.3, -0.25) is 0 Å². The van der Waals surface area contributed by atoms with Crippen LogP contribution in [0.1, 0.15) is 19.3 Å². The van der Waals surface area contributed by atoms with Gasteiger partial charge in [-0.25, -0.2) is 0 Å². The Labute approximate surface area is 75.3 Å². The molecule has 0 aliphatic carbocycles. The van der Waals surface area contributed by atoms with Gasteiger partial charge >= 0.3 is 0 Å². The van der Waals surface area contributed by atoms with Crippen molar-refractivity contribution < 1.29 is 0 Å². The van der Waals surface area contributed by atoms with Crippen LogP contribution in [0.2, 0.25) is 0 Å². The van der Waals surface area contributed by atoms with Gasteiger partial charge in [-0.15, -0.1) is 0 Å². The summed E-state index contributed by atoms with van der Waals surface area (Å²) < 4.78 is 0. The standard InChI is InChI=1S/C4H9N.C3H7N.C2H5N/c1-2-4-5-3-1;1-2-4-3-1;1-2-3-1/h5H,1-4H2;4H,1-3H2;3H,1-2H2. The van der Waals surface area contributed by atoms with Gasteiger partial charge in [-0.2, -0.15) is 0 Å². The molecule has 0 aromatic heterocycles. The second-order valence-electron chi connectivity index (χ2n) is 3.31. The molecular formula is C9H21N3. The molecule has 3 heteroatoms. The zero-order chi connectivity index (χ0) is 8.49. The Kier molecular flexibility index (Phi) is 6.25. The van der Waals surface area contributed by atoms with E-state index in [1.54, 1.807) is 0 Å². The van der Waals surface area contributed by atoms with Gasteiger partial charge in [-0.05, 0) is 45.4 Å². The Bertz CT molecular complexity index is 71.4. The lowest BCUT2D eigenvalue weighted by Crippen LogP contribution is -2.29. The summed E-state index contributed by atoms with van der Waals surface area (Å²) in [5, 5.41) is 9.33. The maximum atomic E-state index is 3.22. The van der Waals surface area contributed by atoms with Crippen LogP contribution < -0.4 is 16.0 Å². The molecule has 3 heterocycles. The number of rotatable bonds is 0. The highest BCUT2D eigenvalue weighted by Gasteiger charge is 1.93. The minimum absolute atomic E-state index is 1.25. The SMILES string of the molecule is C1CCNC1.C1CN1.C1CNC1. The third-order valence-electron chi connectivity index (χ3n) is 1.91. The van der Waals surface area contributed by atoms with Gasteiger partial charge in [0.25, 0.3) is 0 Å². The monoisotopic (exact) mass is 171 g/mol. The number of hydrogen-bond acceptors (Lipinski definition) is 3.